The lowest BCUT2D eigenvalue weighted by atomic mass is 10.1. The minimum atomic E-state index is -3.60. The lowest BCUT2D eigenvalue weighted by Gasteiger charge is -2.16. The Bertz CT molecular complexity index is 744. The van der Waals surface area contributed by atoms with Gasteiger partial charge in [-0.25, -0.2) is 13.1 Å². The molecule has 2 atom stereocenters. The Hall–Kier alpha value is -1.17. The van der Waals surface area contributed by atoms with Crippen LogP contribution in [0, 0.1) is 6.92 Å². The summed E-state index contributed by atoms with van der Waals surface area (Å²) in [5.41, 5.74) is 1.66. The lowest BCUT2D eigenvalue weighted by molar-refractivity contribution is 0.546. The van der Waals surface area contributed by atoms with E-state index in [0.717, 1.165) is 5.56 Å². The van der Waals surface area contributed by atoms with Crippen molar-refractivity contribution in [2.45, 2.75) is 43.5 Å². The van der Waals surface area contributed by atoms with Gasteiger partial charge in [0.25, 0.3) is 0 Å². The monoisotopic (exact) mass is 326 g/mol. The molecule has 0 amide bonds. The predicted octanol–water partition coefficient (Wildman–Crippen LogP) is 3.23. The van der Waals surface area contributed by atoms with Gasteiger partial charge in [-0.1, -0.05) is 6.07 Å². The van der Waals surface area contributed by atoms with E-state index in [1.54, 1.807) is 30.5 Å². The predicted molar refractivity (Wildman–Crippen MR) is 86.2 cm³/mol. The molecular formula is C15H19ClN2O2S. The number of aromatic nitrogens is 1. The molecule has 1 N–H and O–H groups in total. The van der Waals surface area contributed by atoms with Crippen LogP contribution in [-0.4, -0.2) is 24.8 Å². The minimum absolute atomic E-state index is 0.0841. The van der Waals surface area contributed by atoms with Crippen molar-refractivity contribution in [2.24, 2.45) is 0 Å². The summed E-state index contributed by atoms with van der Waals surface area (Å²) in [5, 5.41) is 0.551. The first-order valence-corrected chi connectivity index (χ1v) is 8.74. The van der Waals surface area contributed by atoms with Crippen molar-refractivity contribution < 1.29 is 8.42 Å². The highest BCUT2D eigenvalue weighted by Crippen LogP contribution is 2.24. The van der Waals surface area contributed by atoms with E-state index >= 15 is 0 Å². The molecule has 4 nitrogen and oxygen atoms in total. The van der Waals surface area contributed by atoms with Crippen LogP contribution in [-0.2, 0) is 10.0 Å². The molecule has 0 spiro atoms. The van der Waals surface area contributed by atoms with E-state index < -0.39 is 10.0 Å². The maximum atomic E-state index is 12.6. The number of fused-ring (bicyclic) bond motifs is 1. The summed E-state index contributed by atoms with van der Waals surface area (Å²) < 4.78 is 27.8. The summed E-state index contributed by atoms with van der Waals surface area (Å²) in [7, 11) is -3.60. The van der Waals surface area contributed by atoms with Crippen LogP contribution in [0.25, 0.3) is 10.9 Å². The van der Waals surface area contributed by atoms with E-state index in [2.05, 4.69) is 9.71 Å². The Balaban J connectivity index is 2.44. The third-order valence-electron chi connectivity index (χ3n) is 3.26. The number of rotatable bonds is 5. The number of benzene rings is 1. The highest BCUT2D eigenvalue weighted by atomic mass is 35.5. The van der Waals surface area contributed by atoms with Crippen molar-refractivity contribution >= 4 is 32.5 Å². The number of alkyl halides is 1. The van der Waals surface area contributed by atoms with Crippen molar-refractivity contribution in [3.8, 4) is 0 Å². The third kappa shape index (κ3) is 3.73. The largest absolute Gasteiger partial charge is 0.256 e. The molecule has 0 radical (unpaired) electrons. The summed E-state index contributed by atoms with van der Waals surface area (Å²) in [6, 6.07) is 6.69. The summed E-state index contributed by atoms with van der Waals surface area (Å²) in [6.45, 7) is 5.57. The van der Waals surface area contributed by atoms with Gasteiger partial charge in [0.15, 0.2) is 0 Å². The smallest absolute Gasteiger partial charge is 0.241 e. The second-order valence-electron chi connectivity index (χ2n) is 5.32. The number of pyridine rings is 1. The van der Waals surface area contributed by atoms with Crippen LogP contribution in [0.3, 0.4) is 0 Å². The van der Waals surface area contributed by atoms with E-state index in [-0.39, 0.29) is 16.3 Å². The number of sulfonamides is 1. The lowest BCUT2D eigenvalue weighted by Crippen LogP contribution is -2.34. The molecule has 2 unspecified atom stereocenters. The van der Waals surface area contributed by atoms with Crippen LogP contribution in [0.1, 0.15) is 25.8 Å². The minimum Gasteiger partial charge on any atom is -0.256 e. The van der Waals surface area contributed by atoms with Crippen molar-refractivity contribution in [1.29, 1.82) is 0 Å². The number of nitrogens with zero attached hydrogens (tertiary/aromatic N) is 1. The van der Waals surface area contributed by atoms with Crippen LogP contribution in [0.5, 0.6) is 0 Å². The Morgan fingerprint density at radius 3 is 2.67 bits per heavy atom. The van der Waals surface area contributed by atoms with Crippen LogP contribution < -0.4 is 4.72 Å². The van der Waals surface area contributed by atoms with Gasteiger partial charge in [0.05, 0.1) is 10.4 Å². The molecule has 2 rings (SSSR count). The van der Waals surface area contributed by atoms with Crippen LogP contribution in [0.2, 0.25) is 0 Å². The van der Waals surface area contributed by atoms with Gasteiger partial charge in [0, 0.05) is 23.0 Å². The fourth-order valence-corrected chi connectivity index (χ4v) is 4.11. The van der Waals surface area contributed by atoms with E-state index in [0.29, 0.717) is 17.3 Å². The van der Waals surface area contributed by atoms with E-state index in [1.807, 2.05) is 20.8 Å². The topological polar surface area (TPSA) is 59.1 Å². The number of aryl methyl sites for hydroxylation is 1. The van der Waals surface area contributed by atoms with Crippen molar-refractivity contribution in [3.63, 3.8) is 0 Å². The highest BCUT2D eigenvalue weighted by molar-refractivity contribution is 7.89. The first-order chi connectivity index (χ1) is 9.81. The first-order valence-electron chi connectivity index (χ1n) is 6.82. The first kappa shape index (κ1) is 16.2. The average molecular weight is 327 g/mol. The molecule has 6 heteroatoms. The Kier molecular flexibility index (Phi) is 4.86. The van der Waals surface area contributed by atoms with Crippen LogP contribution >= 0.6 is 11.6 Å². The molecule has 0 aliphatic carbocycles. The highest BCUT2D eigenvalue weighted by Gasteiger charge is 2.21. The standard InChI is InChI=1S/C15H19ClN2O2S/c1-10-6-7-14(13-5-4-8-17-15(10)13)21(19,20)18-12(3)9-11(2)16/h4-8,11-12,18H,9H2,1-3H3. The molecule has 2 aromatic rings. The molecule has 0 aliphatic heterocycles. The quantitative estimate of drug-likeness (QED) is 0.858. The summed E-state index contributed by atoms with van der Waals surface area (Å²) >= 11 is 5.92. The van der Waals surface area contributed by atoms with Crippen molar-refractivity contribution in [3.05, 3.63) is 36.0 Å². The van der Waals surface area contributed by atoms with Crippen LogP contribution in [0.15, 0.2) is 35.4 Å². The Labute approximate surface area is 130 Å². The van der Waals surface area contributed by atoms with Gasteiger partial charge >= 0.3 is 0 Å². The number of halogens is 1. The zero-order valence-electron chi connectivity index (χ0n) is 12.3. The van der Waals surface area contributed by atoms with Crippen molar-refractivity contribution in [1.82, 2.24) is 9.71 Å². The fourth-order valence-electron chi connectivity index (χ4n) is 2.39. The summed E-state index contributed by atoms with van der Waals surface area (Å²) in [4.78, 5) is 4.52. The molecule has 0 saturated heterocycles. The van der Waals surface area contributed by atoms with Crippen molar-refractivity contribution in [2.75, 3.05) is 0 Å². The Morgan fingerprint density at radius 2 is 2.00 bits per heavy atom. The number of hydrogen-bond donors (Lipinski definition) is 1. The SMILES string of the molecule is Cc1ccc(S(=O)(=O)NC(C)CC(C)Cl)c2cccnc12. The maximum Gasteiger partial charge on any atom is 0.241 e. The molecular weight excluding hydrogens is 308 g/mol. The van der Waals surface area contributed by atoms with Gasteiger partial charge in [0.1, 0.15) is 0 Å². The zero-order chi connectivity index (χ0) is 15.6. The fraction of sp³-hybridized carbons (Fsp3) is 0.400. The molecule has 0 saturated carbocycles. The second kappa shape index (κ2) is 6.30. The van der Waals surface area contributed by atoms with Gasteiger partial charge in [-0.2, -0.15) is 0 Å². The van der Waals surface area contributed by atoms with Gasteiger partial charge in [-0.3, -0.25) is 4.98 Å². The number of nitrogens with one attached hydrogen (secondary N) is 1. The average Bonchev–Trinajstić information content (AvgIpc) is 2.37. The molecule has 0 bridgehead atoms. The normalized spacial score (nSPS) is 15.0. The molecule has 0 fully saturated rings. The Morgan fingerprint density at radius 1 is 1.29 bits per heavy atom. The molecule has 1 aromatic carbocycles. The second-order valence-corrected chi connectivity index (χ2v) is 7.75. The molecule has 1 heterocycles. The maximum absolute atomic E-state index is 12.6. The summed E-state index contributed by atoms with van der Waals surface area (Å²) in [5.74, 6) is 0. The van der Waals surface area contributed by atoms with E-state index in [1.165, 1.54) is 0 Å². The van der Waals surface area contributed by atoms with E-state index in [9.17, 15) is 8.42 Å². The third-order valence-corrected chi connectivity index (χ3v) is 5.08. The molecule has 21 heavy (non-hydrogen) atoms. The molecule has 114 valence electrons. The van der Waals surface area contributed by atoms with Gasteiger partial charge in [0.2, 0.25) is 10.0 Å². The number of hydrogen-bond acceptors (Lipinski definition) is 3. The summed E-state index contributed by atoms with van der Waals surface area (Å²) in [6.07, 6.45) is 2.24. The van der Waals surface area contributed by atoms with Crippen LogP contribution in [0.4, 0.5) is 0 Å². The molecule has 1 aromatic heterocycles. The van der Waals surface area contributed by atoms with E-state index in [4.69, 9.17) is 11.6 Å². The molecule has 0 aliphatic rings. The van der Waals surface area contributed by atoms with Gasteiger partial charge in [-0.15, -0.1) is 11.6 Å². The van der Waals surface area contributed by atoms with Gasteiger partial charge in [-0.05, 0) is 51.0 Å². The zero-order valence-corrected chi connectivity index (χ0v) is 13.9. The van der Waals surface area contributed by atoms with Gasteiger partial charge < -0.3 is 0 Å².